The summed E-state index contributed by atoms with van der Waals surface area (Å²) in [5.41, 5.74) is 7.35. The van der Waals surface area contributed by atoms with E-state index in [1.807, 2.05) is 0 Å². The molecule has 0 spiro atoms. The van der Waals surface area contributed by atoms with Gasteiger partial charge in [-0.05, 0) is 30.7 Å². The zero-order chi connectivity index (χ0) is 11.6. The van der Waals surface area contributed by atoms with Crippen LogP contribution >= 0.6 is 0 Å². The molecule has 0 aliphatic heterocycles. The van der Waals surface area contributed by atoms with Crippen molar-refractivity contribution in [2.24, 2.45) is 0 Å². The first-order valence-corrected chi connectivity index (χ1v) is 4.43. The smallest absolute Gasteiger partial charge is 0.399 e. The zero-order valence-electron chi connectivity index (χ0n) is 8.60. The largest absolute Gasteiger partial charge is 0.405 e. The molecule has 1 rings (SSSR count). The molecule has 0 bridgehead atoms. The lowest BCUT2D eigenvalue weighted by molar-refractivity contribution is -0.119. The van der Waals surface area contributed by atoms with Crippen LogP contribution in [0.4, 0.5) is 24.5 Å². The van der Waals surface area contributed by atoms with Crippen LogP contribution in [0, 0.1) is 6.92 Å². The van der Waals surface area contributed by atoms with Gasteiger partial charge in [-0.25, -0.2) is 0 Å². The summed E-state index contributed by atoms with van der Waals surface area (Å²) in [5.74, 6) is 0. The Kier molecular flexibility index (Phi) is 3.12. The summed E-state index contributed by atoms with van der Waals surface area (Å²) >= 11 is 0. The second kappa shape index (κ2) is 4.00. The van der Waals surface area contributed by atoms with Crippen molar-refractivity contribution in [1.29, 1.82) is 0 Å². The Hall–Kier alpha value is -1.39. The Balaban J connectivity index is 2.86. The molecule has 0 aromatic heterocycles. The lowest BCUT2D eigenvalue weighted by Crippen LogP contribution is -2.30. The highest BCUT2D eigenvalue weighted by atomic mass is 19.4. The normalized spacial score (nSPS) is 11.5. The molecule has 0 saturated heterocycles. The van der Waals surface area contributed by atoms with Gasteiger partial charge in [0.15, 0.2) is 0 Å². The Morgan fingerprint density at radius 2 is 1.87 bits per heavy atom. The lowest BCUT2D eigenvalue weighted by Gasteiger charge is -2.21. The Morgan fingerprint density at radius 1 is 1.27 bits per heavy atom. The number of nitrogens with two attached hydrogens (primary N) is 1. The molecule has 0 unspecified atom stereocenters. The first-order chi connectivity index (χ1) is 6.78. The molecule has 1 aromatic rings. The third-order valence-corrected chi connectivity index (χ3v) is 1.94. The van der Waals surface area contributed by atoms with Crippen molar-refractivity contribution < 1.29 is 13.2 Å². The van der Waals surface area contributed by atoms with Crippen LogP contribution in [0.1, 0.15) is 5.56 Å². The van der Waals surface area contributed by atoms with Crippen LogP contribution in [0.2, 0.25) is 0 Å². The van der Waals surface area contributed by atoms with E-state index in [-0.39, 0.29) is 0 Å². The van der Waals surface area contributed by atoms with Crippen molar-refractivity contribution in [3.8, 4) is 0 Å². The van der Waals surface area contributed by atoms with Crippen LogP contribution in [0.5, 0.6) is 0 Å². The molecule has 2 nitrogen and oxygen atoms in total. The highest BCUT2D eigenvalue weighted by molar-refractivity contribution is 5.58. The van der Waals surface area contributed by atoms with E-state index in [4.69, 9.17) is 5.73 Å². The molecule has 0 saturated carbocycles. The molecular weight excluding hydrogens is 205 g/mol. The fourth-order valence-electron chi connectivity index (χ4n) is 1.37. The van der Waals surface area contributed by atoms with Crippen LogP contribution in [0.25, 0.3) is 0 Å². The van der Waals surface area contributed by atoms with Crippen molar-refractivity contribution in [3.05, 3.63) is 23.8 Å². The van der Waals surface area contributed by atoms with Gasteiger partial charge in [0, 0.05) is 18.4 Å². The molecule has 0 atom stereocenters. The van der Waals surface area contributed by atoms with Crippen molar-refractivity contribution in [3.63, 3.8) is 0 Å². The van der Waals surface area contributed by atoms with Gasteiger partial charge in [0.25, 0.3) is 0 Å². The topological polar surface area (TPSA) is 29.3 Å². The number of nitrogen functional groups attached to an aromatic ring is 1. The molecule has 0 aliphatic rings. The SMILES string of the molecule is Cc1cc(N)cc(N(C)CC(F)(F)F)c1. The molecule has 0 amide bonds. The number of nitrogens with zero attached hydrogens (tertiary/aromatic N) is 1. The van der Waals surface area contributed by atoms with Gasteiger partial charge < -0.3 is 10.6 Å². The van der Waals surface area contributed by atoms with E-state index in [1.165, 1.54) is 13.1 Å². The molecule has 84 valence electrons. The third kappa shape index (κ3) is 3.69. The summed E-state index contributed by atoms with van der Waals surface area (Å²) in [5, 5.41) is 0. The van der Waals surface area contributed by atoms with Crippen LogP contribution in [0.3, 0.4) is 0 Å². The average Bonchev–Trinajstić information content (AvgIpc) is 1.98. The molecule has 0 aliphatic carbocycles. The summed E-state index contributed by atoms with van der Waals surface area (Å²) < 4.78 is 36.4. The van der Waals surface area contributed by atoms with E-state index < -0.39 is 12.7 Å². The summed E-state index contributed by atoms with van der Waals surface area (Å²) in [4.78, 5) is 1.13. The van der Waals surface area contributed by atoms with Gasteiger partial charge in [-0.3, -0.25) is 0 Å². The van der Waals surface area contributed by atoms with Crippen LogP contribution < -0.4 is 10.6 Å². The summed E-state index contributed by atoms with van der Waals surface area (Å²) in [7, 11) is 1.39. The fraction of sp³-hybridized carbons (Fsp3) is 0.400. The minimum Gasteiger partial charge on any atom is -0.399 e. The zero-order valence-corrected chi connectivity index (χ0v) is 8.60. The van der Waals surface area contributed by atoms with E-state index in [9.17, 15) is 13.2 Å². The van der Waals surface area contributed by atoms with E-state index in [1.54, 1.807) is 19.1 Å². The minimum atomic E-state index is -4.20. The monoisotopic (exact) mass is 218 g/mol. The number of hydrogen-bond donors (Lipinski definition) is 1. The second-order valence-corrected chi connectivity index (χ2v) is 3.57. The van der Waals surface area contributed by atoms with Gasteiger partial charge in [0.1, 0.15) is 6.54 Å². The van der Waals surface area contributed by atoms with Gasteiger partial charge >= 0.3 is 6.18 Å². The second-order valence-electron chi connectivity index (χ2n) is 3.57. The lowest BCUT2D eigenvalue weighted by atomic mass is 10.2. The van der Waals surface area contributed by atoms with Gasteiger partial charge in [0.05, 0.1) is 0 Å². The number of alkyl halides is 3. The first kappa shape index (κ1) is 11.7. The van der Waals surface area contributed by atoms with Crippen LogP contribution in [-0.4, -0.2) is 19.8 Å². The van der Waals surface area contributed by atoms with Crippen LogP contribution in [-0.2, 0) is 0 Å². The molecule has 2 N–H and O–H groups in total. The van der Waals surface area contributed by atoms with E-state index >= 15 is 0 Å². The number of anilines is 2. The van der Waals surface area contributed by atoms with Gasteiger partial charge in [-0.2, -0.15) is 13.2 Å². The maximum absolute atomic E-state index is 12.1. The maximum atomic E-state index is 12.1. The quantitative estimate of drug-likeness (QED) is 0.773. The maximum Gasteiger partial charge on any atom is 0.405 e. The summed E-state index contributed by atoms with van der Waals surface area (Å²) in [6.45, 7) is 0.817. The highest BCUT2D eigenvalue weighted by Gasteiger charge is 2.29. The number of rotatable bonds is 2. The molecular formula is C10H13F3N2. The summed E-state index contributed by atoms with van der Waals surface area (Å²) in [6.07, 6.45) is -4.20. The molecule has 15 heavy (non-hydrogen) atoms. The molecule has 0 heterocycles. The van der Waals surface area contributed by atoms with Crippen molar-refractivity contribution in [2.75, 3.05) is 24.2 Å². The molecule has 0 radical (unpaired) electrons. The Bertz CT molecular complexity index is 327. The Morgan fingerprint density at radius 3 is 2.33 bits per heavy atom. The highest BCUT2D eigenvalue weighted by Crippen LogP contribution is 2.23. The predicted octanol–water partition coefficient (Wildman–Crippen LogP) is 2.58. The molecule has 1 aromatic carbocycles. The molecule has 5 heteroatoms. The van der Waals surface area contributed by atoms with Gasteiger partial charge in [0.2, 0.25) is 0 Å². The average molecular weight is 218 g/mol. The van der Waals surface area contributed by atoms with Crippen molar-refractivity contribution in [1.82, 2.24) is 0 Å². The third-order valence-electron chi connectivity index (χ3n) is 1.94. The number of aryl methyl sites for hydroxylation is 1. The fourth-order valence-corrected chi connectivity index (χ4v) is 1.37. The van der Waals surface area contributed by atoms with Crippen LogP contribution in [0.15, 0.2) is 18.2 Å². The van der Waals surface area contributed by atoms with E-state index in [2.05, 4.69) is 0 Å². The molecule has 0 fully saturated rings. The van der Waals surface area contributed by atoms with E-state index in [0.717, 1.165) is 10.5 Å². The number of halogens is 3. The number of hydrogen-bond acceptors (Lipinski definition) is 2. The Labute approximate surface area is 86.5 Å². The minimum absolute atomic E-state index is 0.471. The van der Waals surface area contributed by atoms with Gasteiger partial charge in [-0.15, -0.1) is 0 Å². The van der Waals surface area contributed by atoms with Crippen molar-refractivity contribution >= 4 is 11.4 Å². The number of benzene rings is 1. The summed E-state index contributed by atoms with van der Waals surface area (Å²) in [6, 6.07) is 4.91. The van der Waals surface area contributed by atoms with Crippen molar-refractivity contribution in [2.45, 2.75) is 13.1 Å². The first-order valence-electron chi connectivity index (χ1n) is 4.43. The van der Waals surface area contributed by atoms with E-state index in [0.29, 0.717) is 11.4 Å². The van der Waals surface area contributed by atoms with Gasteiger partial charge in [-0.1, -0.05) is 0 Å². The predicted molar refractivity (Wildman–Crippen MR) is 54.9 cm³/mol. The standard InChI is InChI=1S/C10H13F3N2/c1-7-3-8(14)5-9(4-7)15(2)6-10(11,12)13/h3-5H,6,14H2,1-2H3.